The fourth-order valence-corrected chi connectivity index (χ4v) is 3.15. The number of rotatable bonds is 4. The molecule has 1 fully saturated rings. The molecule has 5 heteroatoms. The number of carbonyl (C=O) groups excluding carboxylic acids is 1. The summed E-state index contributed by atoms with van der Waals surface area (Å²) in [6.45, 7) is 7.13. The summed E-state index contributed by atoms with van der Waals surface area (Å²) in [5.41, 5.74) is 9.75. The van der Waals surface area contributed by atoms with E-state index in [1.54, 1.807) is 6.07 Å². The van der Waals surface area contributed by atoms with Crippen molar-refractivity contribution >= 4 is 24.0 Å². The van der Waals surface area contributed by atoms with E-state index in [9.17, 15) is 4.79 Å². The van der Waals surface area contributed by atoms with Crippen molar-refractivity contribution in [2.45, 2.75) is 13.5 Å². The Balaban J connectivity index is 0.00000208. The number of nitrogens with zero attached hydrogens (tertiary/aromatic N) is 2. The number of benzene rings is 2. The molecule has 0 aromatic heterocycles. The maximum Gasteiger partial charge on any atom is 0.248 e. The van der Waals surface area contributed by atoms with E-state index in [4.69, 9.17) is 5.73 Å². The molecule has 1 heterocycles. The molecule has 0 spiro atoms. The van der Waals surface area contributed by atoms with Crippen LogP contribution in [0.2, 0.25) is 0 Å². The van der Waals surface area contributed by atoms with E-state index in [0.29, 0.717) is 5.56 Å². The van der Waals surface area contributed by atoms with Gasteiger partial charge in [-0.1, -0.05) is 30.3 Å². The van der Waals surface area contributed by atoms with Gasteiger partial charge in [0.2, 0.25) is 5.91 Å². The fraction of sp³-hybridized carbons (Fsp3) is 0.316. The second-order valence-electron chi connectivity index (χ2n) is 6.11. The quantitative estimate of drug-likeness (QED) is 0.927. The van der Waals surface area contributed by atoms with Gasteiger partial charge in [0.1, 0.15) is 0 Å². The molecule has 4 nitrogen and oxygen atoms in total. The number of carbonyl (C=O) groups is 1. The third kappa shape index (κ3) is 4.28. The summed E-state index contributed by atoms with van der Waals surface area (Å²) in [4.78, 5) is 16.2. The molecule has 1 aliphatic rings. The van der Waals surface area contributed by atoms with Crippen molar-refractivity contribution in [3.63, 3.8) is 0 Å². The molecule has 0 atom stereocenters. The van der Waals surface area contributed by atoms with Gasteiger partial charge in [-0.2, -0.15) is 0 Å². The predicted octanol–water partition coefficient (Wildman–Crippen LogP) is 2.84. The fourth-order valence-electron chi connectivity index (χ4n) is 3.15. The highest BCUT2D eigenvalue weighted by Gasteiger charge is 2.18. The number of primary amides is 1. The van der Waals surface area contributed by atoms with Gasteiger partial charge < -0.3 is 10.6 Å². The van der Waals surface area contributed by atoms with E-state index in [0.717, 1.165) is 38.3 Å². The molecule has 3 rings (SSSR count). The molecule has 0 aliphatic carbocycles. The lowest BCUT2D eigenvalue weighted by molar-refractivity contribution is 0.1000. The van der Waals surface area contributed by atoms with Crippen molar-refractivity contribution in [1.29, 1.82) is 0 Å². The van der Waals surface area contributed by atoms with Crippen LogP contribution in [-0.4, -0.2) is 37.0 Å². The summed E-state index contributed by atoms with van der Waals surface area (Å²) in [6, 6.07) is 16.2. The van der Waals surface area contributed by atoms with Crippen LogP contribution in [0.1, 0.15) is 21.5 Å². The zero-order valence-corrected chi connectivity index (χ0v) is 14.8. The van der Waals surface area contributed by atoms with Crippen LogP contribution in [-0.2, 0) is 6.54 Å². The van der Waals surface area contributed by atoms with Crippen LogP contribution in [0.25, 0.3) is 0 Å². The minimum atomic E-state index is -0.365. The average Bonchev–Trinajstić information content (AvgIpc) is 2.56. The monoisotopic (exact) mass is 345 g/mol. The molecule has 0 radical (unpaired) electrons. The van der Waals surface area contributed by atoms with E-state index in [1.807, 2.05) is 12.1 Å². The normalized spacial score (nSPS) is 15.0. The molecular formula is C19H24ClN3O. The van der Waals surface area contributed by atoms with Gasteiger partial charge in [-0.05, 0) is 36.2 Å². The molecule has 0 bridgehead atoms. The van der Waals surface area contributed by atoms with Crippen molar-refractivity contribution in [3.8, 4) is 0 Å². The maximum atomic E-state index is 11.3. The highest BCUT2D eigenvalue weighted by Crippen LogP contribution is 2.21. The zero-order valence-electron chi connectivity index (χ0n) is 13.9. The number of piperazine rings is 1. The number of para-hydroxylation sites is 1. The van der Waals surface area contributed by atoms with E-state index in [-0.39, 0.29) is 18.3 Å². The van der Waals surface area contributed by atoms with Crippen molar-refractivity contribution in [2.75, 3.05) is 31.1 Å². The molecule has 0 saturated carbocycles. The number of hydrogen-bond acceptors (Lipinski definition) is 3. The first-order valence-electron chi connectivity index (χ1n) is 8.05. The largest absolute Gasteiger partial charge is 0.369 e. The molecular weight excluding hydrogens is 322 g/mol. The summed E-state index contributed by atoms with van der Waals surface area (Å²) in [7, 11) is 0. The van der Waals surface area contributed by atoms with Gasteiger partial charge in [0.05, 0.1) is 0 Å². The lowest BCUT2D eigenvalue weighted by Gasteiger charge is -2.36. The Morgan fingerprint density at radius 3 is 2.42 bits per heavy atom. The Bertz CT molecular complexity index is 697. The molecule has 1 saturated heterocycles. The Morgan fingerprint density at radius 1 is 1.04 bits per heavy atom. The van der Waals surface area contributed by atoms with Crippen molar-refractivity contribution < 1.29 is 4.79 Å². The summed E-state index contributed by atoms with van der Waals surface area (Å²) >= 11 is 0. The summed E-state index contributed by atoms with van der Waals surface area (Å²) in [5, 5.41) is 0. The van der Waals surface area contributed by atoms with Gasteiger partial charge in [-0.15, -0.1) is 12.4 Å². The van der Waals surface area contributed by atoms with Crippen molar-refractivity contribution in [1.82, 2.24) is 4.90 Å². The number of hydrogen-bond donors (Lipinski definition) is 1. The van der Waals surface area contributed by atoms with Crippen LogP contribution in [0.4, 0.5) is 5.69 Å². The SMILES string of the molecule is Cc1ccccc1N1CCN(Cc2cccc(C(N)=O)c2)CC1.Cl. The van der Waals surface area contributed by atoms with Crippen LogP contribution in [0.3, 0.4) is 0 Å². The Labute approximate surface area is 149 Å². The van der Waals surface area contributed by atoms with Crippen LogP contribution >= 0.6 is 12.4 Å². The predicted molar refractivity (Wildman–Crippen MR) is 101 cm³/mol. The summed E-state index contributed by atoms with van der Waals surface area (Å²) < 4.78 is 0. The third-order valence-electron chi connectivity index (χ3n) is 4.45. The number of halogens is 1. The van der Waals surface area contributed by atoms with Gasteiger partial charge in [0.25, 0.3) is 0 Å². The molecule has 0 unspecified atom stereocenters. The molecule has 128 valence electrons. The first kappa shape index (κ1) is 18.3. The molecule has 1 amide bonds. The lowest BCUT2D eigenvalue weighted by Crippen LogP contribution is -2.46. The minimum Gasteiger partial charge on any atom is -0.369 e. The average molecular weight is 346 g/mol. The third-order valence-corrected chi connectivity index (χ3v) is 4.45. The van der Waals surface area contributed by atoms with E-state index in [2.05, 4.69) is 47.1 Å². The smallest absolute Gasteiger partial charge is 0.248 e. The van der Waals surface area contributed by atoms with Gasteiger partial charge in [-0.25, -0.2) is 0 Å². The van der Waals surface area contributed by atoms with Crippen LogP contribution < -0.4 is 10.6 Å². The molecule has 2 aromatic carbocycles. The Hall–Kier alpha value is -2.04. The van der Waals surface area contributed by atoms with Gasteiger partial charge in [0, 0.05) is 44.0 Å². The molecule has 1 aliphatic heterocycles. The molecule has 2 aromatic rings. The minimum absolute atomic E-state index is 0. The molecule has 24 heavy (non-hydrogen) atoms. The van der Waals surface area contributed by atoms with E-state index < -0.39 is 0 Å². The van der Waals surface area contributed by atoms with E-state index >= 15 is 0 Å². The topological polar surface area (TPSA) is 49.6 Å². The number of aryl methyl sites for hydroxylation is 1. The lowest BCUT2D eigenvalue weighted by atomic mass is 10.1. The van der Waals surface area contributed by atoms with Crippen LogP contribution in [0.5, 0.6) is 0 Å². The second kappa shape index (κ2) is 8.18. The van der Waals surface area contributed by atoms with Crippen molar-refractivity contribution in [2.24, 2.45) is 5.73 Å². The van der Waals surface area contributed by atoms with Gasteiger partial charge >= 0.3 is 0 Å². The maximum absolute atomic E-state index is 11.3. The summed E-state index contributed by atoms with van der Waals surface area (Å²) in [5.74, 6) is -0.365. The second-order valence-corrected chi connectivity index (χ2v) is 6.11. The van der Waals surface area contributed by atoms with Crippen molar-refractivity contribution in [3.05, 3.63) is 65.2 Å². The Morgan fingerprint density at radius 2 is 1.75 bits per heavy atom. The van der Waals surface area contributed by atoms with Gasteiger partial charge in [0.15, 0.2) is 0 Å². The van der Waals surface area contributed by atoms with E-state index in [1.165, 1.54) is 11.3 Å². The first-order chi connectivity index (χ1) is 11.1. The molecule has 2 N–H and O–H groups in total. The standard InChI is InChI=1S/C19H23N3O.ClH/c1-15-5-2-3-8-18(15)22-11-9-21(10-12-22)14-16-6-4-7-17(13-16)19(20)23;/h2-8,13H,9-12,14H2,1H3,(H2,20,23);1H. The summed E-state index contributed by atoms with van der Waals surface area (Å²) in [6.07, 6.45) is 0. The number of amides is 1. The first-order valence-corrected chi connectivity index (χ1v) is 8.05. The van der Waals surface area contributed by atoms with Crippen LogP contribution in [0.15, 0.2) is 48.5 Å². The highest BCUT2D eigenvalue weighted by atomic mass is 35.5. The number of nitrogens with two attached hydrogens (primary N) is 1. The highest BCUT2D eigenvalue weighted by molar-refractivity contribution is 5.92. The van der Waals surface area contributed by atoms with Crippen LogP contribution in [0, 0.1) is 6.92 Å². The van der Waals surface area contributed by atoms with Gasteiger partial charge in [-0.3, -0.25) is 9.69 Å². The zero-order chi connectivity index (χ0) is 16.2. The number of anilines is 1. The Kier molecular flexibility index (Phi) is 6.23.